The standard InChI is InChI=1S/C17H20O4/c1-2-3-4-5-9-21-17(20)14-10-12-7-6-8-15(18)13(12)11-16(14)19/h6-8,10-11,18-19H,2-5,9H2,1H3. The van der Waals surface area contributed by atoms with Gasteiger partial charge in [-0.1, -0.05) is 38.3 Å². The highest BCUT2D eigenvalue weighted by atomic mass is 16.5. The van der Waals surface area contributed by atoms with Crippen molar-refractivity contribution in [2.24, 2.45) is 0 Å². The molecule has 21 heavy (non-hydrogen) atoms. The molecule has 0 aliphatic rings. The van der Waals surface area contributed by atoms with Crippen LogP contribution in [0.3, 0.4) is 0 Å². The first-order valence-corrected chi connectivity index (χ1v) is 7.25. The van der Waals surface area contributed by atoms with Crippen LogP contribution in [0.2, 0.25) is 0 Å². The predicted molar refractivity (Wildman–Crippen MR) is 81.7 cm³/mol. The Hall–Kier alpha value is -2.23. The minimum absolute atomic E-state index is 0.0716. The maximum Gasteiger partial charge on any atom is 0.341 e. The molecule has 2 rings (SSSR count). The monoisotopic (exact) mass is 288 g/mol. The zero-order valence-electron chi connectivity index (χ0n) is 12.1. The van der Waals surface area contributed by atoms with Crippen LogP contribution in [-0.2, 0) is 4.74 Å². The Morgan fingerprint density at radius 1 is 1.10 bits per heavy atom. The van der Waals surface area contributed by atoms with Crippen LogP contribution < -0.4 is 0 Å². The Labute approximate surface area is 124 Å². The number of benzene rings is 2. The van der Waals surface area contributed by atoms with Gasteiger partial charge in [0.1, 0.15) is 17.1 Å². The highest BCUT2D eigenvalue weighted by Gasteiger charge is 2.14. The van der Waals surface area contributed by atoms with Crippen LogP contribution in [0, 0.1) is 0 Å². The third-order valence-corrected chi connectivity index (χ3v) is 3.42. The smallest absolute Gasteiger partial charge is 0.341 e. The highest BCUT2D eigenvalue weighted by molar-refractivity contribution is 6.00. The average molecular weight is 288 g/mol. The van der Waals surface area contributed by atoms with E-state index in [1.807, 2.05) is 0 Å². The second-order valence-corrected chi connectivity index (χ2v) is 5.06. The van der Waals surface area contributed by atoms with Gasteiger partial charge in [-0.3, -0.25) is 0 Å². The summed E-state index contributed by atoms with van der Waals surface area (Å²) >= 11 is 0. The molecule has 0 heterocycles. The Morgan fingerprint density at radius 3 is 2.67 bits per heavy atom. The maximum absolute atomic E-state index is 12.0. The first kappa shape index (κ1) is 15.2. The molecule has 0 amide bonds. The van der Waals surface area contributed by atoms with Crippen molar-refractivity contribution in [2.75, 3.05) is 6.61 Å². The lowest BCUT2D eigenvalue weighted by Crippen LogP contribution is -2.06. The summed E-state index contributed by atoms with van der Waals surface area (Å²) in [7, 11) is 0. The molecule has 4 heteroatoms. The minimum Gasteiger partial charge on any atom is -0.507 e. The van der Waals surface area contributed by atoms with Gasteiger partial charge in [0.05, 0.1) is 6.61 Å². The third-order valence-electron chi connectivity index (χ3n) is 3.42. The molecule has 0 aliphatic heterocycles. The number of fused-ring (bicyclic) bond motifs is 1. The number of carbonyl (C=O) groups excluding carboxylic acids is 1. The number of unbranched alkanes of at least 4 members (excludes halogenated alkanes) is 3. The van der Waals surface area contributed by atoms with E-state index >= 15 is 0 Å². The molecule has 0 fully saturated rings. The van der Waals surface area contributed by atoms with Crippen LogP contribution in [0.25, 0.3) is 10.8 Å². The van der Waals surface area contributed by atoms with E-state index in [1.54, 1.807) is 18.2 Å². The molecule has 0 aromatic heterocycles. The van der Waals surface area contributed by atoms with Gasteiger partial charge in [0.15, 0.2) is 0 Å². The van der Waals surface area contributed by atoms with Crippen molar-refractivity contribution in [3.8, 4) is 11.5 Å². The number of phenols is 2. The zero-order chi connectivity index (χ0) is 15.2. The van der Waals surface area contributed by atoms with Crippen LogP contribution in [0.15, 0.2) is 30.3 Å². The molecule has 2 N–H and O–H groups in total. The van der Waals surface area contributed by atoms with Gasteiger partial charge in [-0.2, -0.15) is 0 Å². The predicted octanol–water partition coefficient (Wildman–Crippen LogP) is 3.99. The Morgan fingerprint density at radius 2 is 1.90 bits per heavy atom. The van der Waals surface area contributed by atoms with E-state index < -0.39 is 5.97 Å². The van der Waals surface area contributed by atoms with E-state index in [4.69, 9.17) is 4.74 Å². The quantitative estimate of drug-likeness (QED) is 0.623. The summed E-state index contributed by atoms with van der Waals surface area (Å²) in [6.45, 7) is 2.48. The lowest BCUT2D eigenvalue weighted by molar-refractivity contribution is 0.0494. The van der Waals surface area contributed by atoms with Gasteiger partial charge in [0, 0.05) is 5.39 Å². The molecule has 0 unspecified atom stereocenters. The van der Waals surface area contributed by atoms with Crippen molar-refractivity contribution in [3.63, 3.8) is 0 Å². The van der Waals surface area contributed by atoms with Gasteiger partial charge >= 0.3 is 5.97 Å². The second kappa shape index (κ2) is 6.97. The van der Waals surface area contributed by atoms with Crippen molar-refractivity contribution >= 4 is 16.7 Å². The van der Waals surface area contributed by atoms with Gasteiger partial charge in [0.2, 0.25) is 0 Å². The van der Waals surface area contributed by atoms with E-state index in [1.165, 1.54) is 12.1 Å². The Balaban J connectivity index is 2.10. The van der Waals surface area contributed by atoms with Crippen molar-refractivity contribution in [1.82, 2.24) is 0 Å². The molecule has 4 nitrogen and oxygen atoms in total. The van der Waals surface area contributed by atoms with E-state index in [0.29, 0.717) is 17.4 Å². The van der Waals surface area contributed by atoms with Gasteiger partial charge in [-0.15, -0.1) is 0 Å². The van der Waals surface area contributed by atoms with E-state index in [9.17, 15) is 15.0 Å². The van der Waals surface area contributed by atoms with Crippen LogP contribution in [0.1, 0.15) is 43.0 Å². The van der Waals surface area contributed by atoms with Gasteiger partial charge < -0.3 is 14.9 Å². The second-order valence-electron chi connectivity index (χ2n) is 5.06. The SMILES string of the molecule is CCCCCCOC(=O)c1cc2cccc(O)c2cc1O. The van der Waals surface area contributed by atoms with Crippen molar-refractivity contribution in [1.29, 1.82) is 0 Å². The number of aromatic hydroxyl groups is 2. The molecule has 0 bridgehead atoms. The van der Waals surface area contributed by atoms with Crippen molar-refractivity contribution in [2.45, 2.75) is 32.6 Å². The molecule has 0 atom stereocenters. The lowest BCUT2D eigenvalue weighted by Gasteiger charge is -2.08. The van der Waals surface area contributed by atoms with Crippen molar-refractivity contribution in [3.05, 3.63) is 35.9 Å². The van der Waals surface area contributed by atoms with E-state index in [-0.39, 0.29) is 17.1 Å². The van der Waals surface area contributed by atoms with E-state index in [2.05, 4.69) is 6.92 Å². The number of ether oxygens (including phenoxy) is 1. The number of hydrogen-bond acceptors (Lipinski definition) is 4. The first-order chi connectivity index (χ1) is 10.1. The molecule has 0 aliphatic carbocycles. The topological polar surface area (TPSA) is 66.8 Å². The van der Waals surface area contributed by atoms with Crippen molar-refractivity contribution < 1.29 is 19.7 Å². The molecular weight excluding hydrogens is 268 g/mol. The highest BCUT2D eigenvalue weighted by Crippen LogP contribution is 2.31. The molecule has 0 saturated heterocycles. The zero-order valence-corrected chi connectivity index (χ0v) is 12.1. The first-order valence-electron chi connectivity index (χ1n) is 7.25. The number of phenolic OH excluding ortho intramolecular Hbond substituents is 2. The van der Waals surface area contributed by atoms with Crippen LogP contribution in [-0.4, -0.2) is 22.8 Å². The Kier molecular flexibility index (Phi) is 5.04. The summed E-state index contributed by atoms with van der Waals surface area (Å²) in [5.41, 5.74) is 0.128. The molecule has 0 radical (unpaired) electrons. The molecule has 112 valence electrons. The fourth-order valence-corrected chi connectivity index (χ4v) is 2.23. The summed E-state index contributed by atoms with van der Waals surface area (Å²) in [4.78, 5) is 12.0. The largest absolute Gasteiger partial charge is 0.507 e. The maximum atomic E-state index is 12.0. The van der Waals surface area contributed by atoms with Crippen LogP contribution >= 0.6 is 0 Å². The third kappa shape index (κ3) is 3.66. The molecule has 0 spiro atoms. The average Bonchev–Trinajstić information content (AvgIpc) is 2.47. The molecule has 2 aromatic rings. The molecular formula is C17H20O4. The summed E-state index contributed by atoms with van der Waals surface area (Å²) in [6, 6.07) is 7.92. The van der Waals surface area contributed by atoms with Gasteiger partial charge in [-0.25, -0.2) is 4.79 Å². The number of carbonyl (C=O) groups is 1. The fourth-order valence-electron chi connectivity index (χ4n) is 2.23. The summed E-state index contributed by atoms with van der Waals surface area (Å²) < 4.78 is 5.17. The number of esters is 1. The van der Waals surface area contributed by atoms with Crippen LogP contribution in [0.5, 0.6) is 11.5 Å². The van der Waals surface area contributed by atoms with Gasteiger partial charge in [-0.05, 0) is 30.0 Å². The lowest BCUT2D eigenvalue weighted by atomic mass is 10.1. The molecule has 0 saturated carbocycles. The van der Waals surface area contributed by atoms with E-state index in [0.717, 1.165) is 25.7 Å². The fraction of sp³-hybridized carbons (Fsp3) is 0.353. The van der Waals surface area contributed by atoms with Crippen LogP contribution in [0.4, 0.5) is 0 Å². The summed E-state index contributed by atoms with van der Waals surface area (Å²) in [6.07, 6.45) is 4.11. The normalized spacial score (nSPS) is 10.7. The number of hydrogen-bond donors (Lipinski definition) is 2. The summed E-state index contributed by atoms with van der Waals surface area (Å²) in [5.74, 6) is -0.640. The minimum atomic E-state index is -0.533. The summed E-state index contributed by atoms with van der Waals surface area (Å²) in [5, 5.41) is 20.8. The Bertz CT molecular complexity index is 634. The van der Waals surface area contributed by atoms with Gasteiger partial charge in [0.25, 0.3) is 0 Å². The molecule has 2 aromatic carbocycles. The number of rotatable bonds is 6.